The van der Waals surface area contributed by atoms with E-state index in [1.54, 1.807) is 12.1 Å². The monoisotopic (exact) mass is 224 g/mol. The van der Waals surface area contributed by atoms with Crippen molar-refractivity contribution < 1.29 is 19.4 Å². The Kier molecular flexibility index (Phi) is 3.82. The van der Waals surface area contributed by atoms with Gasteiger partial charge in [-0.05, 0) is 6.07 Å². The van der Waals surface area contributed by atoms with Gasteiger partial charge in [-0.2, -0.15) is 0 Å². The third-order valence-corrected chi connectivity index (χ3v) is 1.87. The summed E-state index contributed by atoms with van der Waals surface area (Å²) in [6.45, 7) is -0.363. The van der Waals surface area contributed by atoms with Crippen molar-refractivity contribution in [1.29, 1.82) is 0 Å². The third kappa shape index (κ3) is 2.94. The molecule has 1 aromatic rings. The summed E-state index contributed by atoms with van der Waals surface area (Å²) in [6.07, 6.45) is 0. The number of carboxylic acids is 1. The number of aliphatic carboxylic acids is 1. The van der Waals surface area contributed by atoms with Crippen LogP contribution in [0, 0.1) is 0 Å². The van der Waals surface area contributed by atoms with Crippen LogP contribution in [0.3, 0.4) is 0 Å². The van der Waals surface area contributed by atoms with E-state index in [9.17, 15) is 9.59 Å². The first-order chi connectivity index (χ1) is 7.54. The van der Waals surface area contributed by atoms with Crippen molar-refractivity contribution in [1.82, 2.24) is 9.88 Å². The van der Waals surface area contributed by atoms with Crippen molar-refractivity contribution in [3.63, 3.8) is 0 Å². The normalized spacial score (nSPS) is 9.62. The van der Waals surface area contributed by atoms with Crippen LogP contribution in [-0.4, -0.2) is 47.6 Å². The van der Waals surface area contributed by atoms with E-state index in [0.29, 0.717) is 5.88 Å². The topological polar surface area (TPSA) is 79.7 Å². The Hall–Kier alpha value is -2.11. The van der Waals surface area contributed by atoms with Crippen LogP contribution in [0.5, 0.6) is 5.88 Å². The molecule has 1 N–H and O–H groups in total. The van der Waals surface area contributed by atoms with Gasteiger partial charge in [-0.3, -0.25) is 9.59 Å². The Bertz CT molecular complexity index is 406. The number of aromatic nitrogens is 1. The van der Waals surface area contributed by atoms with Gasteiger partial charge in [0, 0.05) is 13.1 Å². The highest BCUT2D eigenvalue weighted by atomic mass is 16.5. The molecule has 1 aromatic heterocycles. The maximum atomic E-state index is 11.7. The van der Waals surface area contributed by atoms with Crippen molar-refractivity contribution in [2.75, 3.05) is 20.7 Å². The SMILES string of the molecule is COc1cccc(C(=O)N(C)CC(=O)O)n1. The predicted molar refractivity (Wildman–Crippen MR) is 55.4 cm³/mol. The zero-order valence-electron chi connectivity index (χ0n) is 9.01. The zero-order chi connectivity index (χ0) is 12.1. The summed E-state index contributed by atoms with van der Waals surface area (Å²) in [5, 5.41) is 8.54. The van der Waals surface area contributed by atoms with Crippen LogP contribution < -0.4 is 4.74 Å². The summed E-state index contributed by atoms with van der Waals surface area (Å²) in [4.78, 5) is 27.1. The van der Waals surface area contributed by atoms with Crippen LogP contribution in [0.4, 0.5) is 0 Å². The number of rotatable bonds is 4. The molecule has 16 heavy (non-hydrogen) atoms. The van der Waals surface area contributed by atoms with Crippen molar-refractivity contribution in [3.05, 3.63) is 23.9 Å². The Morgan fingerprint density at radius 2 is 2.19 bits per heavy atom. The van der Waals surface area contributed by atoms with Crippen molar-refractivity contribution in [3.8, 4) is 5.88 Å². The number of carbonyl (C=O) groups excluding carboxylic acids is 1. The number of pyridine rings is 1. The van der Waals surface area contributed by atoms with Crippen LogP contribution in [0.25, 0.3) is 0 Å². The molecule has 0 saturated heterocycles. The van der Waals surface area contributed by atoms with Gasteiger partial charge in [-0.15, -0.1) is 0 Å². The number of carbonyl (C=O) groups is 2. The summed E-state index contributed by atoms with van der Waals surface area (Å²) in [7, 11) is 2.84. The van der Waals surface area contributed by atoms with Gasteiger partial charge in [0.2, 0.25) is 5.88 Å². The lowest BCUT2D eigenvalue weighted by Gasteiger charge is -2.13. The molecule has 6 nitrogen and oxygen atoms in total. The molecule has 0 atom stereocenters. The molecule has 1 rings (SSSR count). The lowest BCUT2D eigenvalue weighted by Crippen LogP contribution is -2.32. The fraction of sp³-hybridized carbons (Fsp3) is 0.300. The molecule has 0 bridgehead atoms. The maximum absolute atomic E-state index is 11.7. The van der Waals surface area contributed by atoms with Gasteiger partial charge in [0.1, 0.15) is 12.2 Å². The van der Waals surface area contributed by atoms with Crippen LogP contribution >= 0.6 is 0 Å². The Morgan fingerprint density at radius 3 is 2.75 bits per heavy atom. The van der Waals surface area contributed by atoms with Gasteiger partial charge in [-0.25, -0.2) is 4.98 Å². The van der Waals surface area contributed by atoms with Crippen LogP contribution in [0.15, 0.2) is 18.2 Å². The van der Waals surface area contributed by atoms with Gasteiger partial charge in [0.25, 0.3) is 5.91 Å². The predicted octanol–water partition coefficient (Wildman–Crippen LogP) is 0.247. The molecule has 0 saturated carbocycles. The van der Waals surface area contributed by atoms with E-state index in [0.717, 1.165) is 4.90 Å². The first kappa shape index (κ1) is 12.0. The van der Waals surface area contributed by atoms with E-state index in [1.807, 2.05) is 0 Å². The molecule has 0 aliphatic heterocycles. The van der Waals surface area contributed by atoms with E-state index in [1.165, 1.54) is 20.2 Å². The second-order valence-electron chi connectivity index (χ2n) is 3.12. The van der Waals surface area contributed by atoms with Crippen molar-refractivity contribution in [2.24, 2.45) is 0 Å². The smallest absolute Gasteiger partial charge is 0.323 e. The quantitative estimate of drug-likeness (QED) is 0.792. The summed E-state index contributed by atoms with van der Waals surface area (Å²) >= 11 is 0. The lowest BCUT2D eigenvalue weighted by molar-refractivity contribution is -0.137. The zero-order valence-corrected chi connectivity index (χ0v) is 9.01. The molecule has 0 spiro atoms. The third-order valence-electron chi connectivity index (χ3n) is 1.87. The van der Waals surface area contributed by atoms with Crippen molar-refractivity contribution in [2.45, 2.75) is 0 Å². The average Bonchev–Trinajstić information content (AvgIpc) is 2.27. The number of hydrogen-bond donors (Lipinski definition) is 1. The molecule has 0 aromatic carbocycles. The van der Waals surface area contributed by atoms with Crippen LogP contribution in [0.1, 0.15) is 10.5 Å². The van der Waals surface area contributed by atoms with E-state index < -0.39 is 11.9 Å². The van der Waals surface area contributed by atoms with Crippen LogP contribution in [-0.2, 0) is 4.79 Å². The largest absolute Gasteiger partial charge is 0.481 e. The van der Waals surface area contributed by atoms with Gasteiger partial charge < -0.3 is 14.7 Å². The van der Waals surface area contributed by atoms with Crippen molar-refractivity contribution >= 4 is 11.9 Å². The summed E-state index contributed by atoms with van der Waals surface area (Å²) in [5.41, 5.74) is 0.156. The molecule has 0 unspecified atom stereocenters. The molecule has 1 heterocycles. The highest BCUT2D eigenvalue weighted by molar-refractivity contribution is 5.94. The highest BCUT2D eigenvalue weighted by Gasteiger charge is 2.15. The Morgan fingerprint density at radius 1 is 1.50 bits per heavy atom. The second-order valence-corrected chi connectivity index (χ2v) is 3.12. The highest BCUT2D eigenvalue weighted by Crippen LogP contribution is 2.08. The van der Waals surface area contributed by atoms with E-state index in [4.69, 9.17) is 9.84 Å². The first-order valence-corrected chi connectivity index (χ1v) is 4.53. The minimum Gasteiger partial charge on any atom is -0.481 e. The Balaban J connectivity index is 2.83. The molecule has 0 aliphatic carbocycles. The molecule has 0 aliphatic rings. The number of amides is 1. The molecule has 0 fully saturated rings. The number of nitrogens with zero attached hydrogens (tertiary/aromatic N) is 2. The lowest BCUT2D eigenvalue weighted by atomic mass is 10.3. The number of likely N-dealkylation sites (N-methyl/N-ethyl adjacent to an activating group) is 1. The van der Waals surface area contributed by atoms with Gasteiger partial charge >= 0.3 is 5.97 Å². The first-order valence-electron chi connectivity index (χ1n) is 4.53. The number of hydrogen-bond acceptors (Lipinski definition) is 4. The van der Waals surface area contributed by atoms with E-state index in [-0.39, 0.29) is 12.2 Å². The molecular weight excluding hydrogens is 212 g/mol. The van der Waals surface area contributed by atoms with E-state index >= 15 is 0 Å². The van der Waals surface area contributed by atoms with Gasteiger partial charge in [-0.1, -0.05) is 6.07 Å². The standard InChI is InChI=1S/C10H12N2O4/c1-12(6-9(13)14)10(15)7-4-3-5-8(11-7)16-2/h3-5H,6H2,1-2H3,(H,13,14). The average molecular weight is 224 g/mol. The maximum Gasteiger partial charge on any atom is 0.323 e. The minimum atomic E-state index is -1.07. The van der Waals surface area contributed by atoms with Crippen LogP contribution in [0.2, 0.25) is 0 Å². The van der Waals surface area contributed by atoms with Gasteiger partial charge in [0.05, 0.1) is 7.11 Å². The molecule has 1 amide bonds. The fourth-order valence-electron chi connectivity index (χ4n) is 1.12. The molecular formula is C10H12N2O4. The van der Waals surface area contributed by atoms with E-state index in [2.05, 4.69) is 4.98 Å². The molecule has 86 valence electrons. The molecule has 0 radical (unpaired) electrons. The Labute approximate surface area is 92.5 Å². The van der Waals surface area contributed by atoms with Gasteiger partial charge in [0.15, 0.2) is 0 Å². The number of ether oxygens (including phenoxy) is 1. The summed E-state index contributed by atoms with van der Waals surface area (Å²) in [5.74, 6) is -1.21. The summed E-state index contributed by atoms with van der Waals surface area (Å²) < 4.78 is 4.87. The number of carboxylic acid groups (broad SMARTS) is 1. The summed E-state index contributed by atoms with van der Waals surface area (Å²) in [6, 6.07) is 4.73. The fourth-order valence-corrected chi connectivity index (χ4v) is 1.12. The number of methoxy groups -OCH3 is 1. The minimum absolute atomic E-state index is 0.156. The molecule has 6 heteroatoms. The second kappa shape index (κ2) is 5.11.